The summed E-state index contributed by atoms with van der Waals surface area (Å²) in [7, 11) is 0. The van der Waals surface area contributed by atoms with Crippen molar-refractivity contribution in [2.24, 2.45) is 23.7 Å². The van der Waals surface area contributed by atoms with Gasteiger partial charge in [-0.05, 0) is 17.8 Å². The van der Waals surface area contributed by atoms with E-state index in [0.717, 1.165) is 32.6 Å². The number of likely N-dealkylation sites (tertiary alicyclic amines) is 1. The zero-order valence-corrected chi connectivity index (χ0v) is 11.8. The number of rotatable bonds is 7. The van der Waals surface area contributed by atoms with Crippen LogP contribution >= 0.6 is 0 Å². The van der Waals surface area contributed by atoms with Crippen molar-refractivity contribution >= 4 is 0 Å². The first-order chi connectivity index (χ1) is 8.87. The van der Waals surface area contributed by atoms with Gasteiger partial charge in [0, 0.05) is 19.6 Å². The quantitative estimate of drug-likeness (QED) is 0.651. The van der Waals surface area contributed by atoms with E-state index in [-0.39, 0.29) is 6.54 Å². The van der Waals surface area contributed by atoms with Crippen LogP contribution in [0.25, 0.3) is 5.32 Å². The Labute approximate surface area is 113 Å². The Morgan fingerprint density at radius 1 is 1.21 bits per heavy atom. The van der Waals surface area contributed by atoms with Gasteiger partial charge < -0.3 is 10.2 Å². The predicted octanol–water partition coefficient (Wildman–Crippen LogP) is 3.54. The van der Waals surface area contributed by atoms with Gasteiger partial charge in [0.15, 0.2) is 0 Å². The molecule has 1 saturated heterocycles. The number of hydrogen-bond donors (Lipinski definition) is 0. The molecule has 2 fully saturated rings. The minimum atomic E-state index is -4.02. The van der Waals surface area contributed by atoms with Gasteiger partial charge in [0.05, 0.1) is 6.42 Å². The van der Waals surface area contributed by atoms with E-state index in [2.05, 4.69) is 19.2 Å². The van der Waals surface area contributed by atoms with Gasteiger partial charge in [-0.15, -0.1) is 13.1 Å². The van der Waals surface area contributed by atoms with E-state index in [1.165, 1.54) is 0 Å². The number of halogens is 3. The molecule has 0 N–H and O–H groups in total. The minimum Gasteiger partial charge on any atom is -0.662 e. The first kappa shape index (κ1) is 15.1. The van der Waals surface area contributed by atoms with Gasteiger partial charge in [0.2, 0.25) is 0 Å². The third kappa shape index (κ3) is 4.63. The van der Waals surface area contributed by atoms with Crippen LogP contribution in [-0.2, 0) is 0 Å². The first-order valence-electron chi connectivity index (χ1n) is 7.29. The van der Waals surface area contributed by atoms with Crippen molar-refractivity contribution in [1.82, 2.24) is 4.90 Å². The van der Waals surface area contributed by atoms with E-state index in [0.29, 0.717) is 23.7 Å². The second-order valence-corrected chi connectivity index (χ2v) is 6.43. The molecular weight excluding hydrogens is 253 g/mol. The monoisotopic (exact) mass is 277 g/mol. The van der Waals surface area contributed by atoms with Gasteiger partial charge in [0.25, 0.3) is 0 Å². The van der Waals surface area contributed by atoms with Crippen LogP contribution in [-0.4, -0.2) is 43.8 Å². The third-order valence-corrected chi connectivity index (χ3v) is 4.36. The maximum atomic E-state index is 12.1. The fourth-order valence-electron chi connectivity index (χ4n) is 3.06. The van der Waals surface area contributed by atoms with Gasteiger partial charge in [-0.1, -0.05) is 26.2 Å². The smallest absolute Gasteiger partial charge is 0.390 e. The van der Waals surface area contributed by atoms with E-state index in [1.807, 2.05) is 4.90 Å². The fourth-order valence-corrected chi connectivity index (χ4v) is 3.06. The lowest BCUT2D eigenvalue weighted by atomic mass is 10.1. The van der Waals surface area contributed by atoms with Crippen molar-refractivity contribution in [3.8, 4) is 0 Å². The summed E-state index contributed by atoms with van der Waals surface area (Å²) in [4.78, 5) is 1.97. The standard InChI is InChI=1S/C14H24F3N2/c1-10(2)3-5-18-7-11-12-8-19(9-13(11)12)6-4-14(15,16)17/h10-13H,3-9H2,1-2H3/q-1. The molecule has 2 aliphatic rings. The number of alkyl halides is 3. The summed E-state index contributed by atoms with van der Waals surface area (Å²) in [5.74, 6) is 2.60. The van der Waals surface area contributed by atoms with Crippen LogP contribution in [0.15, 0.2) is 0 Å². The number of piperidine rings is 1. The SMILES string of the molecule is CC(C)CC[N-]CC1C2CN(CCC(F)(F)F)CC12. The van der Waals surface area contributed by atoms with Gasteiger partial charge >= 0.3 is 6.18 Å². The van der Waals surface area contributed by atoms with Crippen LogP contribution in [0, 0.1) is 23.7 Å². The highest BCUT2D eigenvalue weighted by molar-refractivity contribution is 5.09. The molecule has 0 aromatic rings. The van der Waals surface area contributed by atoms with Crippen LogP contribution in [0.3, 0.4) is 0 Å². The maximum absolute atomic E-state index is 12.1. The summed E-state index contributed by atoms with van der Waals surface area (Å²) in [5.41, 5.74) is 0. The number of fused-ring (bicyclic) bond motifs is 1. The average Bonchev–Trinajstić information content (AvgIpc) is 2.74. The first-order valence-corrected chi connectivity index (χ1v) is 7.29. The molecule has 2 rings (SSSR count). The zero-order chi connectivity index (χ0) is 14.0. The number of nitrogens with zero attached hydrogens (tertiary/aromatic N) is 2. The Morgan fingerprint density at radius 2 is 1.84 bits per heavy atom. The van der Waals surface area contributed by atoms with Crippen LogP contribution in [0.4, 0.5) is 13.2 Å². The van der Waals surface area contributed by atoms with Gasteiger partial charge in [-0.2, -0.15) is 13.2 Å². The van der Waals surface area contributed by atoms with E-state index < -0.39 is 12.6 Å². The highest BCUT2D eigenvalue weighted by atomic mass is 19.4. The Morgan fingerprint density at radius 3 is 2.37 bits per heavy atom. The second kappa shape index (κ2) is 6.00. The Hall–Kier alpha value is -0.290. The average molecular weight is 277 g/mol. The molecule has 0 spiro atoms. The van der Waals surface area contributed by atoms with Gasteiger partial charge in [-0.25, -0.2) is 0 Å². The van der Waals surface area contributed by atoms with Gasteiger partial charge in [-0.3, -0.25) is 0 Å². The normalized spacial score (nSPS) is 30.9. The molecule has 0 amide bonds. The summed E-state index contributed by atoms with van der Waals surface area (Å²) in [6.07, 6.45) is -3.55. The predicted molar refractivity (Wildman–Crippen MR) is 70.1 cm³/mol. The lowest BCUT2D eigenvalue weighted by molar-refractivity contribution is -0.137. The lowest BCUT2D eigenvalue weighted by Gasteiger charge is -2.24. The fraction of sp³-hybridized carbons (Fsp3) is 1.00. The van der Waals surface area contributed by atoms with E-state index in [4.69, 9.17) is 0 Å². The molecule has 0 bridgehead atoms. The molecule has 2 nitrogen and oxygen atoms in total. The van der Waals surface area contributed by atoms with E-state index in [9.17, 15) is 13.2 Å². The van der Waals surface area contributed by atoms with Crippen molar-refractivity contribution < 1.29 is 13.2 Å². The molecule has 1 aliphatic heterocycles. The summed E-state index contributed by atoms with van der Waals surface area (Å²) in [6, 6.07) is 0. The van der Waals surface area contributed by atoms with Crippen LogP contribution in [0.5, 0.6) is 0 Å². The Balaban J connectivity index is 1.54. The largest absolute Gasteiger partial charge is 0.662 e. The van der Waals surface area contributed by atoms with Crippen molar-refractivity contribution in [3.63, 3.8) is 0 Å². The Bertz CT molecular complexity index is 279. The lowest BCUT2D eigenvalue weighted by Crippen LogP contribution is -2.29. The van der Waals surface area contributed by atoms with Crippen molar-refractivity contribution in [2.45, 2.75) is 32.9 Å². The molecule has 0 aromatic carbocycles. The molecule has 1 aliphatic carbocycles. The van der Waals surface area contributed by atoms with Crippen LogP contribution in [0.1, 0.15) is 26.7 Å². The third-order valence-electron chi connectivity index (χ3n) is 4.36. The van der Waals surface area contributed by atoms with Crippen molar-refractivity contribution in [3.05, 3.63) is 5.32 Å². The molecule has 5 heteroatoms. The number of hydrogen-bond acceptors (Lipinski definition) is 1. The van der Waals surface area contributed by atoms with Crippen molar-refractivity contribution in [1.29, 1.82) is 0 Å². The molecule has 1 heterocycles. The van der Waals surface area contributed by atoms with Crippen LogP contribution in [0.2, 0.25) is 0 Å². The molecule has 19 heavy (non-hydrogen) atoms. The molecule has 112 valence electrons. The molecule has 2 atom stereocenters. The zero-order valence-electron chi connectivity index (χ0n) is 11.8. The molecule has 0 radical (unpaired) electrons. The van der Waals surface area contributed by atoms with E-state index >= 15 is 0 Å². The minimum absolute atomic E-state index is 0.174. The maximum Gasteiger partial charge on any atom is 0.390 e. The molecular formula is C14H24F3N2-. The van der Waals surface area contributed by atoms with E-state index in [1.54, 1.807) is 0 Å². The highest BCUT2D eigenvalue weighted by Crippen LogP contribution is 2.52. The molecule has 1 saturated carbocycles. The summed E-state index contributed by atoms with van der Waals surface area (Å²) < 4.78 is 36.4. The summed E-state index contributed by atoms with van der Waals surface area (Å²) in [5, 5.41) is 4.57. The Kier molecular flexibility index (Phi) is 4.77. The second-order valence-electron chi connectivity index (χ2n) is 6.43. The van der Waals surface area contributed by atoms with Gasteiger partial charge in [0.1, 0.15) is 0 Å². The molecule has 0 aromatic heterocycles. The summed E-state index contributed by atoms with van der Waals surface area (Å²) in [6.45, 7) is 8.13. The summed E-state index contributed by atoms with van der Waals surface area (Å²) >= 11 is 0. The highest BCUT2D eigenvalue weighted by Gasteiger charge is 2.53. The topological polar surface area (TPSA) is 17.3 Å². The van der Waals surface area contributed by atoms with Crippen LogP contribution < -0.4 is 0 Å². The molecule has 2 unspecified atom stereocenters. The van der Waals surface area contributed by atoms with Crippen molar-refractivity contribution in [2.75, 3.05) is 32.7 Å².